The predicted molar refractivity (Wildman–Crippen MR) is 23.0 cm³/mol. The first kappa shape index (κ1) is 5.43. The molecule has 0 spiro atoms. The minimum absolute atomic E-state index is 0.387. The fourth-order valence-electron chi connectivity index (χ4n) is 0. The van der Waals surface area contributed by atoms with Gasteiger partial charge in [0.2, 0.25) is 0 Å². The van der Waals surface area contributed by atoms with Crippen LogP contribution in [0.2, 0.25) is 0 Å². The van der Waals surface area contributed by atoms with Gasteiger partial charge in [-0.1, -0.05) is 0 Å². The molecule has 0 saturated carbocycles. The monoisotopic (exact) mass is 158 g/mol. The van der Waals surface area contributed by atoms with Crippen molar-refractivity contribution in [2.24, 2.45) is 0 Å². The standard InChI is InChI=1S/CBrFOS/c2-5-1(3)4. The van der Waals surface area contributed by atoms with E-state index < -0.39 is 5.37 Å². The highest BCUT2D eigenvalue weighted by atomic mass is 79.9. The SMILES string of the molecule is O=C(F)SBr. The zero-order chi connectivity index (χ0) is 4.28. The Bertz CT molecular complexity index is 46.9. The highest BCUT2D eigenvalue weighted by molar-refractivity contribution is 9.52. The highest BCUT2D eigenvalue weighted by Gasteiger charge is 1.87. The van der Waals surface area contributed by atoms with E-state index in [0.29, 0.717) is 10.2 Å². The Morgan fingerprint density at radius 3 is 2.20 bits per heavy atom. The lowest BCUT2D eigenvalue weighted by atomic mass is 11.7. The second-order valence-corrected chi connectivity index (χ2v) is 1.76. The van der Waals surface area contributed by atoms with Crippen LogP contribution in [0.4, 0.5) is 9.18 Å². The van der Waals surface area contributed by atoms with Gasteiger partial charge in [-0.2, -0.15) is 4.39 Å². The third kappa shape index (κ3) is 4.43. The molecule has 0 saturated heterocycles. The zero-order valence-corrected chi connectivity index (χ0v) is 4.47. The van der Waals surface area contributed by atoms with E-state index in [1.807, 2.05) is 0 Å². The van der Waals surface area contributed by atoms with Gasteiger partial charge < -0.3 is 0 Å². The zero-order valence-electron chi connectivity index (χ0n) is 2.07. The molecule has 30 valence electrons. The van der Waals surface area contributed by atoms with Gasteiger partial charge in [-0.25, -0.2) is 4.79 Å². The average Bonchev–Trinajstić information content (AvgIpc) is 1.38. The summed E-state index contributed by atoms with van der Waals surface area (Å²) in [5, 5.41) is -1.41. The van der Waals surface area contributed by atoms with Crippen molar-refractivity contribution in [1.82, 2.24) is 0 Å². The van der Waals surface area contributed by atoms with E-state index in [-0.39, 0.29) is 0 Å². The summed E-state index contributed by atoms with van der Waals surface area (Å²) in [4.78, 5) is 9.06. The molecule has 5 heavy (non-hydrogen) atoms. The quantitative estimate of drug-likeness (QED) is 0.503. The van der Waals surface area contributed by atoms with E-state index in [1.165, 1.54) is 0 Å². The van der Waals surface area contributed by atoms with Crippen molar-refractivity contribution in [1.29, 1.82) is 0 Å². The first-order chi connectivity index (χ1) is 2.27. The van der Waals surface area contributed by atoms with Gasteiger partial charge >= 0.3 is 5.37 Å². The van der Waals surface area contributed by atoms with Gasteiger partial charge in [0.05, 0.1) is 0 Å². The van der Waals surface area contributed by atoms with Gasteiger partial charge in [0, 0.05) is 25.0 Å². The molecule has 0 aliphatic heterocycles. The van der Waals surface area contributed by atoms with Crippen LogP contribution in [0.25, 0.3) is 0 Å². The molecule has 0 aromatic carbocycles. The molecule has 0 N–H and O–H groups in total. The maximum Gasteiger partial charge on any atom is 0.370 e. The van der Waals surface area contributed by atoms with Crippen LogP contribution < -0.4 is 0 Å². The third-order valence-electron chi connectivity index (χ3n) is 0.0607. The van der Waals surface area contributed by atoms with Crippen LogP contribution in [0.1, 0.15) is 0 Å². The maximum absolute atomic E-state index is 10.7. The Morgan fingerprint density at radius 1 is 2.00 bits per heavy atom. The summed E-state index contributed by atoms with van der Waals surface area (Å²) in [5.41, 5.74) is 0. The van der Waals surface area contributed by atoms with Gasteiger partial charge in [0.15, 0.2) is 0 Å². The van der Waals surface area contributed by atoms with Crippen LogP contribution >= 0.6 is 25.0 Å². The molecule has 0 aromatic heterocycles. The van der Waals surface area contributed by atoms with E-state index in [2.05, 4.69) is 14.8 Å². The first-order valence-electron chi connectivity index (χ1n) is 0.752. The third-order valence-corrected chi connectivity index (χ3v) is 0.946. The molecule has 0 fully saturated rings. The van der Waals surface area contributed by atoms with Crippen molar-refractivity contribution < 1.29 is 9.18 Å². The molecular weight excluding hydrogens is 159 g/mol. The lowest BCUT2D eigenvalue weighted by Crippen LogP contribution is -1.57. The minimum Gasteiger partial charge on any atom is -0.247 e. The smallest absolute Gasteiger partial charge is 0.247 e. The summed E-state index contributed by atoms with van der Waals surface area (Å²) in [5.74, 6) is 0. The Kier molecular flexibility index (Phi) is 2.88. The molecule has 0 bridgehead atoms. The number of carbonyl (C=O) groups excluding carboxylic acids is 1. The molecule has 0 heterocycles. The topological polar surface area (TPSA) is 17.1 Å². The molecule has 0 atom stereocenters. The van der Waals surface area contributed by atoms with E-state index in [4.69, 9.17) is 4.79 Å². The van der Waals surface area contributed by atoms with Crippen LogP contribution in [-0.2, 0) is 0 Å². The molecule has 0 amide bonds. The molecule has 0 aliphatic carbocycles. The van der Waals surface area contributed by atoms with Crippen molar-refractivity contribution in [2.75, 3.05) is 0 Å². The van der Waals surface area contributed by atoms with Crippen LogP contribution in [-0.4, -0.2) is 5.37 Å². The highest BCUT2D eigenvalue weighted by Crippen LogP contribution is 2.11. The molecule has 0 rings (SSSR count). The van der Waals surface area contributed by atoms with Crippen molar-refractivity contribution >= 4 is 30.4 Å². The van der Waals surface area contributed by atoms with Crippen LogP contribution in [0.5, 0.6) is 0 Å². The number of hydrogen-bond donors (Lipinski definition) is 0. The van der Waals surface area contributed by atoms with E-state index in [0.717, 1.165) is 0 Å². The molecule has 0 aromatic rings. The second kappa shape index (κ2) is 2.66. The summed E-state index contributed by atoms with van der Waals surface area (Å²) in [6, 6.07) is 0. The van der Waals surface area contributed by atoms with Crippen LogP contribution in [0.3, 0.4) is 0 Å². The van der Waals surface area contributed by atoms with Gasteiger partial charge in [-0.3, -0.25) is 0 Å². The van der Waals surface area contributed by atoms with Crippen molar-refractivity contribution in [2.45, 2.75) is 0 Å². The van der Waals surface area contributed by atoms with Crippen LogP contribution in [0, 0.1) is 0 Å². The van der Waals surface area contributed by atoms with Gasteiger partial charge in [-0.15, -0.1) is 0 Å². The number of carbonyl (C=O) groups is 1. The predicted octanol–water partition coefficient (Wildman–Crippen LogP) is 2.12. The molecule has 4 heteroatoms. The van der Waals surface area contributed by atoms with Crippen molar-refractivity contribution in [3.05, 3.63) is 0 Å². The normalized spacial score (nSPS) is 7.60. The number of rotatable bonds is 0. The molecular formula is CBrFOS. The summed E-state index contributed by atoms with van der Waals surface area (Å²) in [6.07, 6.45) is 0. The first-order valence-corrected chi connectivity index (χ1v) is 3.41. The summed E-state index contributed by atoms with van der Waals surface area (Å²) < 4.78 is 10.7. The lowest BCUT2D eigenvalue weighted by molar-refractivity contribution is 0.245. The molecule has 0 unspecified atom stereocenters. The fraction of sp³-hybridized carbons (Fsp3) is 0. The number of hydrogen-bond acceptors (Lipinski definition) is 2. The summed E-state index contributed by atoms with van der Waals surface area (Å²) >= 11 is 2.51. The van der Waals surface area contributed by atoms with Crippen molar-refractivity contribution in [3.8, 4) is 0 Å². The Balaban J connectivity index is 2.85. The largest absolute Gasteiger partial charge is 0.370 e. The maximum atomic E-state index is 10.7. The lowest BCUT2D eigenvalue weighted by Gasteiger charge is -1.63. The second-order valence-electron chi connectivity index (χ2n) is 0.315. The summed E-state index contributed by atoms with van der Waals surface area (Å²) in [6.45, 7) is 0. The van der Waals surface area contributed by atoms with Gasteiger partial charge in [-0.05, 0) is 0 Å². The Hall–Kier alpha value is 0.430. The fourth-order valence-corrected chi connectivity index (χ4v) is 0. The van der Waals surface area contributed by atoms with E-state index >= 15 is 0 Å². The van der Waals surface area contributed by atoms with E-state index in [1.54, 1.807) is 0 Å². The molecule has 0 radical (unpaired) electrons. The molecule has 0 aliphatic rings. The number of halogens is 2. The Labute approximate surface area is 40.1 Å². The minimum atomic E-state index is -1.41. The molecule has 1 nitrogen and oxygen atoms in total. The van der Waals surface area contributed by atoms with E-state index in [9.17, 15) is 4.39 Å². The summed E-state index contributed by atoms with van der Waals surface area (Å²) in [7, 11) is 0.387. The van der Waals surface area contributed by atoms with Gasteiger partial charge in [0.1, 0.15) is 0 Å². The van der Waals surface area contributed by atoms with Crippen LogP contribution in [0.15, 0.2) is 0 Å². The Morgan fingerprint density at radius 2 is 2.20 bits per heavy atom. The van der Waals surface area contributed by atoms with Crippen molar-refractivity contribution in [3.63, 3.8) is 0 Å². The van der Waals surface area contributed by atoms with Gasteiger partial charge in [0.25, 0.3) is 0 Å². The average molecular weight is 159 g/mol.